The molecule has 2 aromatic heterocycles. The Morgan fingerprint density at radius 1 is 0.911 bits per heavy atom. The maximum atomic E-state index is 13.4. The Bertz CT molecular complexity index is 1800. The molecule has 0 radical (unpaired) electrons. The molecule has 15 nitrogen and oxygen atoms in total. The highest BCUT2D eigenvalue weighted by molar-refractivity contribution is 5.84. The number of benzene rings is 2. The number of aromatic amines is 2. The summed E-state index contributed by atoms with van der Waals surface area (Å²) in [5.41, 5.74) is 5.74. The van der Waals surface area contributed by atoms with Gasteiger partial charge >= 0.3 is 6.09 Å². The van der Waals surface area contributed by atoms with Crippen molar-refractivity contribution in [2.45, 2.75) is 71.6 Å². The van der Waals surface area contributed by atoms with E-state index >= 15 is 0 Å². The average molecular weight is 774 g/mol. The van der Waals surface area contributed by atoms with E-state index in [1.54, 1.807) is 55.4 Å². The molecule has 0 aliphatic carbocycles. The van der Waals surface area contributed by atoms with Crippen LogP contribution in [0.15, 0.2) is 60.9 Å². The number of nitrogens with zero attached hydrogens (tertiary/aromatic N) is 5. The molecule has 0 saturated carbocycles. The van der Waals surface area contributed by atoms with E-state index in [9.17, 15) is 19.2 Å². The molecule has 2 aromatic carbocycles. The van der Waals surface area contributed by atoms with Crippen molar-refractivity contribution in [3.63, 3.8) is 0 Å². The van der Waals surface area contributed by atoms with Crippen molar-refractivity contribution in [3.8, 4) is 33.6 Å². The van der Waals surface area contributed by atoms with Gasteiger partial charge in [-0.05, 0) is 62.5 Å². The molecule has 1 saturated heterocycles. The first-order chi connectivity index (χ1) is 27.0. The second-order valence-corrected chi connectivity index (χ2v) is 13.6. The summed E-state index contributed by atoms with van der Waals surface area (Å²) in [7, 11) is 8.01. The topological polar surface area (TPSA) is 178 Å². The molecule has 0 bridgehead atoms. The lowest BCUT2D eigenvalue weighted by Crippen LogP contribution is -2.54. The van der Waals surface area contributed by atoms with Gasteiger partial charge in [-0.1, -0.05) is 75.7 Å². The number of H-pyrrole nitrogens is 2. The van der Waals surface area contributed by atoms with Crippen molar-refractivity contribution < 1.29 is 28.7 Å². The van der Waals surface area contributed by atoms with E-state index in [2.05, 4.69) is 78.2 Å². The number of hydrogen-bond acceptors (Lipinski definition) is 9. The largest absolute Gasteiger partial charge is 0.453 e. The van der Waals surface area contributed by atoms with E-state index in [1.807, 2.05) is 38.1 Å². The fraction of sp³-hybridized carbons (Fsp3) is 0.463. The molecule has 4 amide bonds. The minimum Gasteiger partial charge on any atom is -0.453 e. The normalized spacial score (nSPS) is 14.4. The molecule has 1 aliphatic rings. The van der Waals surface area contributed by atoms with E-state index in [4.69, 9.17) is 0 Å². The summed E-state index contributed by atoms with van der Waals surface area (Å²) in [6.07, 6.45) is 6.36. The molecule has 1 aliphatic heterocycles. The zero-order valence-electron chi connectivity index (χ0n) is 34.2. The van der Waals surface area contributed by atoms with Crippen LogP contribution in [0.4, 0.5) is 4.79 Å². The number of aromatic nitrogens is 4. The van der Waals surface area contributed by atoms with Crippen molar-refractivity contribution in [1.82, 2.24) is 45.3 Å². The molecular formula is C41H59N9O6. The highest BCUT2D eigenvalue weighted by atomic mass is 16.5. The smallest absolute Gasteiger partial charge is 0.407 e. The third kappa shape index (κ3) is 12.0. The lowest BCUT2D eigenvalue weighted by molar-refractivity contribution is -0.141. The van der Waals surface area contributed by atoms with Gasteiger partial charge in [0.2, 0.25) is 12.3 Å². The number of likely N-dealkylation sites (tertiary alicyclic amines) is 1. The van der Waals surface area contributed by atoms with Crippen molar-refractivity contribution in [3.05, 3.63) is 72.6 Å². The number of ether oxygens (including phenoxy) is 2. The van der Waals surface area contributed by atoms with Gasteiger partial charge in [0, 0.05) is 27.3 Å². The van der Waals surface area contributed by atoms with Crippen molar-refractivity contribution in [2.24, 2.45) is 0 Å². The van der Waals surface area contributed by atoms with Crippen molar-refractivity contribution in [1.29, 1.82) is 0 Å². The van der Waals surface area contributed by atoms with Crippen LogP contribution in [0.25, 0.3) is 33.6 Å². The number of imidazole rings is 2. The molecule has 304 valence electrons. The molecule has 4 aromatic rings. The number of likely N-dealkylation sites (N-methyl/N-ethyl adjacent to an activating group) is 1. The standard InChI is InChI=1S/C36H45N9O5.C3H8.C2H6O/c1-6-17-44(35(48)34(40-22-46)43(3)4)23(2)32-37-19-28(41-32)26-13-9-24(10-14-26)25-11-15-27(16-12-25)29-20-38-33(42-29)30-8-7-18-45(30)31(47)21-39-36(49)50-5;2*1-3-2/h9-16,19-20,22-23,30,34H,6-8,17-18,21H2,1-5H3,(H,37,41)(H,38,42)(H,39,49)(H,40,46);3H2,1-2H3;1-2H3/t23?,30-,34?;;/m0../s1. The third-order valence-electron chi connectivity index (χ3n) is 8.96. The number of hydrogen-bond donors (Lipinski definition) is 4. The zero-order chi connectivity index (χ0) is 41.2. The highest BCUT2D eigenvalue weighted by Gasteiger charge is 2.32. The fourth-order valence-corrected chi connectivity index (χ4v) is 6.25. The van der Waals surface area contributed by atoms with Gasteiger partial charge in [-0.2, -0.15) is 0 Å². The Morgan fingerprint density at radius 2 is 1.45 bits per heavy atom. The number of carbonyl (C=O) groups is 4. The minimum absolute atomic E-state index is 0.124. The van der Waals surface area contributed by atoms with E-state index in [0.29, 0.717) is 25.3 Å². The van der Waals surface area contributed by atoms with Crippen molar-refractivity contribution >= 4 is 24.3 Å². The first-order valence-electron chi connectivity index (χ1n) is 19.0. The highest BCUT2D eigenvalue weighted by Crippen LogP contribution is 2.32. The predicted molar refractivity (Wildman–Crippen MR) is 217 cm³/mol. The monoisotopic (exact) mass is 773 g/mol. The molecule has 3 atom stereocenters. The number of carbonyl (C=O) groups excluding carboxylic acids is 4. The summed E-state index contributed by atoms with van der Waals surface area (Å²) < 4.78 is 8.82. The van der Waals surface area contributed by atoms with Crippen LogP contribution in [0.2, 0.25) is 0 Å². The van der Waals surface area contributed by atoms with Gasteiger partial charge in [-0.3, -0.25) is 19.3 Å². The van der Waals surface area contributed by atoms with E-state index in [1.165, 1.54) is 13.5 Å². The molecule has 1 fully saturated rings. The van der Waals surface area contributed by atoms with Crippen LogP contribution in [-0.4, -0.2) is 120 Å². The maximum Gasteiger partial charge on any atom is 0.407 e. The third-order valence-corrected chi connectivity index (χ3v) is 8.96. The summed E-state index contributed by atoms with van der Waals surface area (Å²) in [6, 6.07) is 15.9. The van der Waals surface area contributed by atoms with Gasteiger partial charge in [-0.25, -0.2) is 14.8 Å². The van der Waals surface area contributed by atoms with Gasteiger partial charge in [-0.15, -0.1) is 0 Å². The first kappa shape index (κ1) is 44.9. The molecule has 0 spiro atoms. The van der Waals surface area contributed by atoms with Crippen LogP contribution in [0, 0.1) is 0 Å². The summed E-state index contributed by atoms with van der Waals surface area (Å²) in [5, 5.41) is 5.06. The average Bonchev–Trinajstić information content (AvgIpc) is 4.00. The molecule has 3 heterocycles. The Kier molecular flexibility index (Phi) is 18.2. The summed E-state index contributed by atoms with van der Waals surface area (Å²) >= 11 is 0. The number of methoxy groups -OCH3 is 2. The summed E-state index contributed by atoms with van der Waals surface area (Å²) in [4.78, 5) is 69.8. The lowest BCUT2D eigenvalue weighted by atomic mass is 10.0. The van der Waals surface area contributed by atoms with Gasteiger partial charge < -0.3 is 39.9 Å². The molecule has 56 heavy (non-hydrogen) atoms. The number of rotatable bonds is 14. The van der Waals surface area contributed by atoms with Gasteiger partial charge in [0.25, 0.3) is 5.91 Å². The fourth-order valence-electron chi connectivity index (χ4n) is 6.25. The van der Waals surface area contributed by atoms with E-state index in [-0.39, 0.29) is 30.4 Å². The summed E-state index contributed by atoms with van der Waals surface area (Å²) in [6.45, 7) is 9.19. The number of alkyl carbamates (subject to hydrolysis) is 1. The molecule has 4 N–H and O–H groups in total. The molecule has 15 heteroatoms. The number of amides is 4. The SMILES string of the molecule is CCC.CCCN(C(=O)C(NC=O)N(C)C)C(C)c1ncc(-c2ccc(-c3ccc(-c4cnc([C@@H]5CCCN5C(=O)CNC(=O)OC)[nH]4)cc3)cc2)[nH]1.COC. The van der Waals surface area contributed by atoms with Crippen LogP contribution in [-0.2, 0) is 23.9 Å². The predicted octanol–water partition coefficient (Wildman–Crippen LogP) is 5.77. The second kappa shape index (κ2) is 22.7. The summed E-state index contributed by atoms with van der Waals surface area (Å²) in [5.74, 6) is 1.01. The Labute approximate surface area is 330 Å². The molecule has 2 unspecified atom stereocenters. The quantitative estimate of drug-likeness (QED) is 0.0916. The van der Waals surface area contributed by atoms with Crippen LogP contribution < -0.4 is 10.6 Å². The number of nitrogens with one attached hydrogen (secondary N) is 4. The molecular weight excluding hydrogens is 715 g/mol. The van der Waals surface area contributed by atoms with Crippen LogP contribution in [0.3, 0.4) is 0 Å². The maximum absolute atomic E-state index is 13.4. The van der Waals surface area contributed by atoms with Crippen LogP contribution in [0.5, 0.6) is 0 Å². The van der Waals surface area contributed by atoms with Crippen LogP contribution >= 0.6 is 0 Å². The van der Waals surface area contributed by atoms with Gasteiger partial charge in [0.15, 0.2) is 6.17 Å². The van der Waals surface area contributed by atoms with E-state index < -0.39 is 12.3 Å². The minimum atomic E-state index is -0.765. The molecule has 5 rings (SSSR count). The zero-order valence-corrected chi connectivity index (χ0v) is 34.2. The Balaban J connectivity index is 0.00000132. The van der Waals surface area contributed by atoms with Crippen LogP contribution in [0.1, 0.15) is 77.1 Å². The first-order valence-corrected chi connectivity index (χ1v) is 19.0. The second-order valence-electron chi connectivity index (χ2n) is 13.6. The van der Waals surface area contributed by atoms with E-state index in [0.717, 1.165) is 58.7 Å². The van der Waals surface area contributed by atoms with Crippen molar-refractivity contribution in [2.75, 3.05) is 55.1 Å². The Morgan fingerprint density at radius 3 is 1.96 bits per heavy atom. The Hall–Kier alpha value is -5.54. The van der Waals surface area contributed by atoms with Gasteiger partial charge in [0.05, 0.1) is 43.0 Å². The lowest BCUT2D eigenvalue weighted by Gasteiger charge is -2.33. The van der Waals surface area contributed by atoms with Gasteiger partial charge in [0.1, 0.15) is 18.2 Å².